The molecule has 0 aliphatic carbocycles. The van der Waals surface area contributed by atoms with Crippen molar-refractivity contribution in [1.82, 2.24) is 4.72 Å². The van der Waals surface area contributed by atoms with E-state index in [1.165, 1.54) is 0 Å². The van der Waals surface area contributed by atoms with Crippen molar-refractivity contribution in [2.45, 2.75) is 32.1 Å². The number of carbonyl (C=O) groups is 1. The number of carbonyl (C=O) groups excluding carboxylic acids is 1. The van der Waals surface area contributed by atoms with Crippen LogP contribution in [-0.4, -0.2) is 27.4 Å². The third kappa shape index (κ3) is 4.34. The lowest BCUT2D eigenvalue weighted by molar-refractivity contribution is -0.117. The molecule has 1 aliphatic heterocycles. The molecule has 1 fully saturated rings. The minimum atomic E-state index is -3.63. The molecule has 0 spiro atoms. The van der Waals surface area contributed by atoms with Crippen molar-refractivity contribution >= 4 is 33.2 Å². The summed E-state index contributed by atoms with van der Waals surface area (Å²) < 4.78 is 28.3. The number of aryl methyl sites for hydroxylation is 3. The van der Waals surface area contributed by atoms with Crippen LogP contribution < -0.4 is 9.62 Å². The fourth-order valence-corrected chi connectivity index (χ4v) is 5.37. The summed E-state index contributed by atoms with van der Waals surface area (Å²) in [7, 11) is -3.63. The maximum Gasteiger partial charge on any atom is 0.241 e. The molecular weight excluding hydrogens is 384 g/mol. The van der Waals surface area contributed by atoms with Gasteiger partial charge in [0.2, 0.25) is 15.9 Å². The zero-order valence-corrected chi connectivity index (χ0v) is 17.2. The lowest BCUT2D eigenvalue weighted by Gasteiger charge is -2.18. The highest BCUT2D eigenvalue weighted by Gasteiger charge is 2.32. The van der Waals surface area contributed by atoms with Gasteiger partial charge in [0.1, 0.15) is 0 Å². The van der Waals surface area contributed by atoms with E-state index in [1.54, 1.807) is 43.0 Å². The van der Waals surface area contributed by atoms with Crippen LogP contribution in [0.5, 0.6) is 0 Å². The summed E-state index contributed by atoms with van der Waals surface area (Å²) in [5.74, 6) is -0.0850. The molecule has 2 aromatic carbocycles. The van der Waals surface area contributed by atoms with Crippen LogP contribution in [0.2, 0.25) is 5.02 Å². The number of hydrogen-bond donors (Lipinski definition) is 1. The second-order valence-electron chi connectivity index (χ2n) is 7.13. The topological polar surface area (TPSA) is 66.5 Å². The van der Waals surface area contributed by atoms with E-state index in [1.807, 2.05) is 19.1 Å². The SMILES string of the molecule is Cc1cc(C)c(S(=O)(=O)NCC2CC(=O)N(c3ccc(Cl)cc3)C2)c(C)c1. The van der Waals surface area contributed by atoms with E-state index in [2.05, 4.69) is 4.72 Å². The molecule has 0 bridgehead atoms. The molecule has 0 saturated carbocycles. The van der Waals surface area contributed by atoms with Crippen LogP contribution in [-0.2, 0) is 14.8 Å². The first kappa shape index (κ1) is 19.9. The number of rotatable bonds is 5. The van der Waals surface area contributed by atoms with Crippen molar-refractivity contribution in [3.63, 3.8) is 0 Å². The molecule has 7 heteroatoms. The van der Waals surface area contributed by atoms with Crippen LogP contribution in [0.3, 0.4) is 0 Å². The van der Waals surface area contributed by atoms with E-state index in [4.69, 9.17) is 11.6 Å². The number of anilines is 1. The summed E-state index contributed by atoms with van der Waals surface area (Å²) in [6, 6.07) is 10.8. The Labute approximate surface area is 165 Å². The molecule has 1 aliphatic rings. The summed E-state index contributed by atoms with van der Waals surface area (Å²) in [4.78, 5) is 14.3. The Kier molecular flexibility index (Phi) is 5.60. The van der Waals surface area contributed by atoms with Gasteiger partial charge in [-0.05, 0) is 62.1 Å². The monoisotopic (exact) mass is 406 g/mol. The van der Waals surface area contributed by atoms with Gasteiger partial charge >= 0.3 is 0 Å². The highest BCUT2D eigenvalue weighted by atomic mass is 35.5. The molecule has 1 N–H and O–H groups in total. The molecular formula is C20H23ClN2O3S. The third-order valence-electron chi connectivity index (χ3n) is 4.78. The highest BCUT2D eigenvalue weighted by Crippen LogP contribution is 2.27. The third-order valence-corrected chi connectivity index (χ3v) is 6.76. The van der Waals surface area contributed by atoms with Crippen LogP contribution in [0.25, 0.3) is 0 Å². The lowest BCUT2D eigenvalue weighted by Crippen LogP contribution is -2.32. The van der Waals surface area contributed by atoms with Crippen molar-refractivity contribution in [3.8, 4) is 0 Å². The van der Waals surface area contributed by atoms with Gasteiger partial charge in [-0.25, -0.2) is 13.1 Å². The molecule has 1 amide bonds. The van der Waals surface area contributed by atoms with Crippen molar-refractivity contribution in [2.24, 2.45) is 5.92 Å². The predicted octanol–water partition coefficient (Wildman–Crippen LogP) is 3.60. The van der Waals surface area contributed by atoms with E-state index in [-0.39, 0.29) is 18.4 Å². The first-order valence-corrected chi connectivity index (χ1v) is 10.7. The summed E-state index contributed by atoms with van der Waals surface area (Å²) in [5, 5.41) is 0.610. The highest BCUT2D eigenvalue weighted by molar-refractivity contribution is 7.89. The number of amides is 1. The minimum Gasteiger partial charge on any atom is -0.312 e. The first-order valence-electron chi connectivity index (χ1n) is 8.81. The Hall–Kier alpha value is -1.89. The lowest BCUT2D eigenvalue weighted by atomic mass is 10.1. The Bertz CT molecular complexity index is 948. The Morgan fingerprint density at radius 2 is 1.70 bits per heavy atom. The van der Waals surface area contributed by atoms with E-state index in [9.17, 15) is 13.2 Å². The van der Waals surface area contributed by atoms with E-state index >= 15 is 0 Å². The van der Waals surface area contributed by atoms with Gasteiger partial charge < -0.3 is 4.90 Å². The molecule has 1 heterocycles. The number of nitrogens with one attached hydrogen (secondary N) is 1. The van der Waals surface area contributed by atoms with Gasteiger partial charge in [-0.1, -0.05) is 29.3 Å². The summed E-state index contributed by atoms with van der Waals surface area (Å²) in [6.07, 6.45) is 0.316. The van der Waals surface area contributed by atoms with Crippen molar-refractivity contribution in [3.05, 3.63) is 58.1 Å². The zero-order chi connectivity index (χ0) is 19.8. The quantitative estimate of drug-likeness (QED) is 0.824. The minimum absolute atomic E-state index is 0.00998. The fourth-order valence-electron chi connectivity index (χ4n) is 3.68. The van der Waals surface area contributed by atoms with E-state index < -0.39 is 10.0 Å². The first-order chi connectivity index (χ1) is 12.7. The average molecular weight is 407 g/mol. The zero-order valence-electron chi connectivity index (χ0n) is 15.6. The molecule has 3 rings (SSSR count). The van der Waals surface area contributed by atoms with Crippen LogP contribution in [0, 0.1) is 26.7 Å². The molecule has 27 heavy (non-hydrogen) atoms. The van der Waals surface area contributed by atoms with Gasteiger partial charge in [-0.2, -0.15) is 0 Å². The van der Waals surface area contributed by atoms with Crippen molar-refractivity contribution < 1.29 is 13.2 Å². The van der Waals surface area contributed by atoms with Crippen molar-refractivity contribution in [2.75, 3.05) is 18.0 Å². The second kappa shape index (κ2) is 7.62. The standard InChI is InChI=1S/C20H23ClN2O3S/c1-13-8-14(2)20(15(3)9-13)27(25,26)22-11-16-10-19(24)23(12-16)18-6-4-17(21)5-7-18/h4-9,16,22H,10-12H2,1-3H3. The van der Waals surface area contributed by atoms with E-state index in [0.717, 1.165) is 22.4 Å². The fraction of sp³-hybridized carbons (Fsp3) is 0.350. The molecule has 144 valence electrons. The maximum absolute atomic E-state index is 12.8. The predicted molar refractivity (Wildman–Crippen MR) is 108 cm³/mol. The van der Waals surface area contributed by atoms with Crippen LogP contribution in [0.4, 0.5) is 5.69 Å². The number of nitrogens with zero attached hydrogens (tertiary/aromatic N) is 1. The second-order valence-corrected chi connectivity index (χ2v) is 9.27. The molecule has 2 aromatic rings. The normalized spacial score (nSPS) is 17.6. The number of hydrogen-bond acceptors (Lipinski definition) is 3. The van der Waals surface area contributed by atoms with Gasteiger partial charge in [0, 0.05) is 30.2 Å². The summed E-state index contributed by atoms with van der Waals surface area (Å²) in [6.45, 7) is 6.25. The van der Waals surface area contributed by atoms with Gasteiger partial charge in [0.05, 0.1) is 4.90 Å². The molecule has 1 unspecified atom stereocenters. The largest absolute Gasteiger partial charge is 0.312 e. The Morgan fingerprint density at radius 3 is 2.30 bits per heavy atom. The molecule has 1 atom stereocenters. The Balaban J connectivity index is 1.70. The molecule has 5 nitrogen and oxygen atoms in total. The molecule has 0 radical (unpaired) electrons. The van der Waals surface area contributed by atoms with Crippen LogP contribution >= 0.6 is 11.6 Å². The van der Waals surface area contributed by atoms with Crippen LogP contribution in [0.1, 0.15) is 23.1 Å². The van der Waals surface area contributed by atoms with Crippen molar-refractivity contribution in [1.29, 1.82) is 0 Å². The molecule has 0 aromatic heterocycles. The van der Waals surface area contributed by atoms with E-state index in [0.29, 0.717) is 22.9 Å². The Morgan fingerprint density at radius 1 is 1.11 bits per heavy atom. The van der Waals surface area contributed by atoms with Gasteiger partial charge in [-0.3, -0.25) is 4.79 Å². The maximum atomic E-state index is 12.8. The average Bonchev–Trinajstić information content (AvgIpc) is 2.93. The number of halogens is 1. The van der Waals surface area contributed by atoms with Crippen LogP contribution in [0.15, 0.2) is 41.3 Å². The summed E-state index contributed by atoms with van der Waals surface area (Å²) in [5.41, 5.74) is 3.26. The molecule has 1 saturated heterocycles. The summed E-state index contributed by atoms with van der Waals surface area (Å²) >= 11 is 5.90. The smallest absolute Gasteiger partial charge is 0.241 e. The number of benzene rings is 2. The van der Waals surface area contributed by atoms with Gasteiger partial charge in [0.25, 0.3) is 0 Å². The number of sulfonamides is 1. The van der Waals surface area contributed by atoms with Gasteiger partial charge in [-0.15, -0.1) is 0 Å². The van der Waals surface area contributed by atoms with Gasteiger partial charge in [0.15, 0.2) is 0 Å².